The molecule has 1 aromatic rings. The second-order valence-electron chi connectivity index (χ2n) is 5.50. The van der Waals surface area contributed by atoms with Gasteiger partial charge in [0.15, 0.2) is 0 Å². The number of urea groups is 1. The summed E-state index contributed by atoms with van der Waals surface area (Å²) in [6.07, 6.45) is 4.31. The SMILES string of the molecule is C[C@@H](NC(=O)Nc1ccc(C#N)cc1)C(=O)NC1CCCC1. The predicted molar refractivity (Wildman–Crippen MR) is 83.2 cm³/mol. The van der Waals surface area contributed by atoms with Crippen LogP contribution in [0.25, 0.3) is 0 Å². The van der Waals surface area contributed by atoms with Crippen LogP contribution < -0.4 is 16.0 Å². The van der Waals surface area contributed by atoms with Gasteiger partial charge in [-0.3, -0.25) is 4.79 Å². The average Bonchev–Trinajstić information content (AvgIpc) is 3.00. The smallest absolute Gasteiger partial charge is 0.319 e. The third-order valence-electron chi connectivity index (χ3n) is 3.71. The maximum absolute atomic E-state index is 12.0. The van der Waals surface area contributed by atoms with Crippen molar-refractivity contribution in [3.63, 3.8) is 0 Å². The van der Waals surface area contributed by atoms with Gasteiger partial charge in [0.1, 0.15) is 6.04 Å². The second-order valence-corrected chi connectivity index (χ2v) is 5.50. The Morgan fingerprint density at radius 2 is 1.86 bits per heavy atom. The quantitative estimate of drug-likeness (QED) is 0.795. The van der Waals surface area contributed by atoms with Crippen molar-refractivity contribution in [2.24, 2.45) is 0 Å². The van der Waals surface area contributed by atoms with Crippen LogP contribution in [-0.2, 0) is 4.79 Å². The van der Waals surface area contributed by atoms with Crippen LogP contribution >= 0.6 is 0 Å². The molecule has 1 aliphatic carbocycles. The first-order valence-corrected chi connectivity index (χ1v) is 7.46. The van der Waals surface area contributed by atoms with Crippen molar-refractivity contribution in [1.82, 2.24) is 10.6 Å². The molecule has 3 N–H and O–H groups in total. The lowest BCUT2D eigenvalue weighted by atomic mass is 10.2. The number of nitrogens with one attached hydrogen (secondary N) is 3. The van der Waals surface area contributed by atoms with Gasteiger partial charge < -0.3 is 16.0 Å². The van der Waals surface area contributed by atoms with E-state index in [1.54, 1.807) is 31.2 Å². The molecule has 0 heterocycles. The summed E-state index contributed by atoms with van der Waals surface area (Å²) in [4.78, 5) is 23.8. The number of carbonyl (C=O) groups is 2. The lowest BCUT2D eigenvalue weighted by Crippen LogP contribution is -2.48. The second kappa shape index (κ2) is 7.46. The Labute approximate surface area is 129 Å². The molecule has 1 aliphatic rings. The molecule has 116 valence electrons. The number of nitrogens with zero attached hydrogens (tertiary/aromatic N) is 1. The zero-order valence-electron chi connectivity index (χ0n) is 12.6. The molecule has 2 rings (SSSR count). The fourth-order valence-corrected chi connectivity index (χ4v) is 2.45. The molecule has 0 aromatic heterocycles. The number of carbonyl (C=O) groups excluding carboxylic acids is 2. The van der Waals surface area contributed by atoms with E-state index in [2.05, 4.69) is 16.0 Å². The largest absolute Gasteiger partial charge is 0.352 e. The molecule has 1 saturated carbocycles. The number of hydrogen-bond donors (Lipinski definition) is 3. The van der Waals surface area contributed by atoms with E-state index >= 15 is 0 Å². The molecule has 1 aromatic carbocycles. The standard InChI is InChI=1S/C16H20N4O2/c1-11(15(21)19-13-4-2-3-5-13)18-16(22)20-14-8-6-12(10-17)7-9-14/h6-9,11,13H,2-5H2,1H3,(H,19,21)(H2,18,20,22)/t11-/m1/s1. The van der Waals surface area contributed by atoms with Crippen LogP contribution in [0.1, 0.15) is 38.2 Å². The Morgan fingerprint density at radius 3 is 2.45 bits per heavy atom. The molecule has 0 unspecified atom stereocenters. The van der Waals surface area contributed by atoms with Crippen molar-refractivity contribution in [3.8, 4) is 6.07 Å². The highest BCUT2D eigenvalue weighted by Crippen LogP contribution is 2.17. The Hall–Kier alpha value is -2.55. The van der Waals surface area contributed by atoms with E-state index in [1.165, 1.54) is 0 Å². The summed E-state index contributed by atoms with van der Waals surface area (Å²) in [5.74, 6) is -0.165. The molecule has 6 nitrogen and oxygen atoms in total. The van der Waals surface area contributed by atoms with E-state index in [4.69, 9.17) is 5.26 Å². The monoisotopic (exact) mass is 300 g/mol. The van der Waals surface area contributed by atoms with Crippen molar-refractivity contribution in [2.75, 3.05) is 5.32 Å². The summed E-state index contributed by atoms with van der Waals surface area (Å²) in [6, 6.07) is 7.71. The molecule has 1 atom stereocenters. The maximum atomic E-state index is 12.0. The number of benzene rings is 1. The van der Waals surface area contributed by atoms with Gasteiger partial charge in [-0.15, -0.1) is 0 Å². The first-order chi connectivity index (χ1) is 10.6. The number of anilines is 1. The molecule has 0 spiro atoms. The van der Waals surface area contributed by atoms with Crippen LogP contribution in [0.3, 0.4) is 0 Å². The van der Waals surface area contributed by atoms with Gasteiger partial charge >= 0.3 is 6.03 Å². The Bertz CT molecular complexity index is 571. The highest BCUT2D eigenvalue weighted by Gasteiger charge is 2.21. The zero-order chi connectivity index (χ0) is 15.9. The van der Waals surface area contributed by atoms with E-state index in [0.29, 0.717) is 11.3 Å². The minimum atomic E-state index is -0.598. The molecular formula is C16H20N4O2. The first kappa shape index (κ1) is 15.8. The van der Waals surface area contributed by atoms with Crippen molar-refractivity contribution in [2.45, 2.75) is 44.7 Å². The Morgan fingerprint density at radius 1 is 1.23 bits per heavy atom. The fourth-order valence-electron chi connectivity index (χ4n) is 2.45. The fraction of sp³-hybridized carbons (Fsp3) is 0.438. The first-order valence-electron chi connectivity index (χ1n) is 7.46. The Balaban J connectivity index is 1.79. The van der Waals surface area contributed by atoms with E-state index in [0.717, 1.165) is 25.7 Å². The van der Waals surface area contributed by atoms with Gasteiger partial charge in [0, 0.05) is 11.7 Å². The summed E-state index contributed by atoms with van der Waals surface area (Å²) in [7, 11) is 0. The van der Waals surface area contributed by atoms with E-state index < -0.39 is 12.1 Å². The van der Waals surface area contributed by atoms with Gasteiger partial charge in [0.25, 0.3) is 0 Å². The number of nitriles is 1. The molecule has 0 bridgehead atoms. The molecule has 3 amide bonds. The predicted octanol–water partition coefficient (Wildman–Crippen LogP) is 2.13. The van der Waals surface area contributed by atoms with Gasteiger partial charge in [-0.25, -0.2) is 4.79 Å². The van der Waals surface area contributed by atoms with E-state index in [1.807, 2.05) is 6.07 Å². The van der Waals surface area contributed by atoms with Gasteiger partial charge in [0.2, 0.25) is 5.91 Å². The molecule has 0 saturated heterocycles. The third-order valence-corrected chi connectivity index (χ3v) is 3.71. The van der Waals surface area contributed by atoms with E-state index in [-0.39, 0.29) is 11.9 Å². The Kier molecular flexibility index (Phi) is 5.37. The molecule has 6 heteroatoms. The lowest BCUT2D eigenvalue weighted by molar-refractivity contribution is -0.123. The zero-order valence-corrected chi connectivity index (χ0v) is 12.6. The van der Waals surface area contributed by atoms with Crippen molar-refractivity contribution < 1.29 is 9.59 Å². The van der Waals surface area contributed by atoms with Crippen molar-refractivity contribution >= 4 is 17.6 Å². The topological polar surface area (TPSA) is 94.0 Å². The van der Waals surface area contributed by atoms with Crippen LogP contribution in [0.4, 0.5) is 10.5 Å². The highest BCUT2D eigenvalue weighted by atomic mass is 16.2. The van der Waals surface area contributed by atoms with Crippen LogP contribution in [0.2, 0.25) is 0 Å². The van der Waals surface area contributed by atoms with Crippen molar-refractivity contribution in [3.05, 3.63) is 29.8 Å². The highest BCUT2D eigenvalue weighted by molar-refractivity contribution is 5.93. The van der Waals surface area contributed by atoms with Crippen LogP contribution in [0, 0.1) is 11.3 Å². The van der Waals surface area contributed by atoms with Gasteiger partial charge in [-0.2, -0.15) is 5.26 Å². The number of hydrogen-bond acceptors (Lipinski definition) is 3. The lowest BCUT2D eigenvalue weighted by Gasteiger charge is -2.18. The summed E-state index contributed by atoms with van der Waals surface area (Å²) in [5, 5.41) is 16.9. The van der Waals surface area contributed by atoms with Crippen LogP contribution in [0.15, 0.2) is 24.3 Å². The minimum absolute atomic E-state index is 0.165. The van der Waals surface area contributed by atoms with Crippen molar-refractivity contribution in [1.29, 1.82) is 5.26 Å². The summed E-state index contributed by atoms with van der Waals surface area (Å²) in [6.45, 7) is 1.66. The summed E-state index contributed by atoms with van der Waals surface area (Å²) < 4.78 is 0. The molecule has 22 heavy (non-hydrogen) atoms. The van der Waals surface area contributed by atoms with Crippen LogP contribution in [-0.4, -0.2) is 24.0 Å². The van der Waals surface area contributed by atoms with Gasteiger partial charge in [-0.05, 0) is 44.0 Å². The number of rotatable bonds is 4. The number of amides is 3. The van der Waals surface area contributed by atoms with Crippen LogP contribution in [0.5, 0.6) is 0 Å². The maximum Gasteiger partial charge on any atom is 0.319 e. The normalized spacial score (nSPS) is 15.6. The molecule has 0 radical (unpaired) electrons. The average molecular weight is 300 g/mol. The molecular weight excluding hydrogens is 280 g/mol. The third kappa shape index (κ3) is 4.48. The van der Waals surface area contributed by atoms with Gasteiger partial charge in [0.05, 0.1) is 11.6 Å². The van der Waals surface area contributed by atoms with E-state index in [9.17, 15) is 9.59 Å². The summed E-state index contributed by atoms with van der Waals surface area (Å²) >= 11 is 0. The molecule has 0 aliphatic heterocycles. The van der Waals surface area contributed by atoms with Gasteiger partial charge in [-0.1, -0.05) is 12.8 Å². The minimum Gasteiger partial charge on any atom is -0.352 e. The molecule has 1 fully saturated rings. The summed E-state index contributed by atoms with van der Waals surface area (Å²) in [5.41, 5.74) is 1.09.